The second-order valence-corrected chi connectivity index (χ2v) is 7.52. The van der Waals surface area contributed by atoms with Gasteiger partial charge in [-0.3, -0.25) is 0 Å². The van der Waals surface area contributed by atoms with E-state index in [4.69, 9.17) is 0 Å². The Morgan fingerprint density at radius 2 is 1.92 bits per heavy atom. The van der Waals surface area contributed by atoms with Crippen LogP contribution in [0.4, 0.5) is 0 Å². The van der Waals surface area contributed by atoms with Crippen LogP contribution in [0.2, 0.25) is 0 Å². The molecule has 0 heterocycles. The standard InChI is InChI=1S/C23H27NO2/c1-24(2)16-21-12-11-18(15-22(21)19-8-4-3-5-9-19)13-17-7-6-10-20(14-17)23(25)26/h3-10,13-14,21-22H,11-12,15-16H2,1-2H3,(H,25,26)/b18-13+/t21-,22+/m0/s1. The maximum Gasteiger partial charge on any atom is 0.335 e. The molecule has 3 nitrogen and oxygen atoms in total. The molecule has 26 heavy (non-hydrogen) atoms. The molecule has 0 spiro atoms. The summed E-state index contributed by atoms with van der Waals surface area (Å²) in [6.07, 6.45) is 5.48. The molecular formula is C23H27NO2. The molecule has 0 radical (unpaired) electrons. The minimum Gasteiger partial charge on any atom is -0.478 e. The molecule has 3 rings (SSSR count). The molecular weight excluding hydrogens is 322 g/mol. The minimum atomic E-state index is -0.873. The molecule has 0 aromatic heterocycles. The predicted molar refractivity (Wildman–Crippen MR) is 106 cm³/mol. The molecule has 3 heteroatoms. The molecule has 1 saturated carbocycles. The molecule has 0 bridgehead atoms. The zero-order valence-corrected chi connectivity index (χ0v) is 15.6. The third-order valence-corrected chi connectivity index (χ3v) is 5.22. The molecule has 0 saturated heterocycles. The molecule has 1 fully saturated rings. The second kappa shape index (κ2) is 8.33. The average molecular weight is 349 g/mol. The van der Waals surface area contributed by atoms with Crippen LogP contribution in [-0.2, 0) is 0 Å². The van der Waals surface area contributed by atoms with Crippen molar-refractivity contribution in [2.75, 3.05) is 20.6 Å². The number of hydrogen-bond donors (Lipinski definition) is 1. The average Bonchev–Trinajstić information content (AvgIpc) is 2.63. The summed E-state index contributed by atoms with van der Waals surface area (Å²) < 4.78 is 0. The van der Waals surface area contributed by atoms with Crippen LogP contribution in [0, 0.1) is 5.92 Å². The number of aromatic carboxylic acids is 1. The SMILES string of the molecule is CN(C)C[C@@H]1CC/C(=C\c2cccc(C(=O)O)c2)C[C@@H]1c1ccccc1. The van der Waals surface area contributed by atoms with Gasteiger partial charge in [-0.05, 0) is 68.5 Å². The van der Waals surface area contributed by atoms with Gasteiger partial charge in [-0.2, -0.15) is 0 Å². The fourth-order valence-corrected chi connectivity index (χ4v) is 4.03. The molecule has 136 valence electrons. The van der Waals surface area contributed by atoms with Gasteiger partial charge in [0.1, 0.15) is 0 Å². The third-order valence-electron chi connectivity index (χ3n) is 5.22. The van der Waals surface area contributed by atoms with Crippen molar-refractivity contribution in [3.05, 3.63) is 76.9 Å². The highest BCUT2D eigenvalue weighted by atomic mass is 16.4. The number of carboxylic acid groups (broad SMARTS) is 1. The first-order chi connectivity index (χ1) is 12.5. The molecule has 1 aliphatic carbocycles. The van der Waals surface area contributed by atoms with E-state index < -0.39 is 5.97 Å². The van der Waals surface area contributed by atoms with E-state index in [9.17, 15) is 9.90 Å². The maximum atomic E-state index is 11.2. The summed E-state index contributed by atoms with van der Waals surface area (Å²) in [6, 6.07) is 18.0. The largest absolute Gasteiger partial charge is 0.478 e. The van der Waals surface area contributed by atoms with E-state index in [-0.39, 0.29) is 0 Å². The molecule has 2 aromatic rings. The van der Waals surface area contributed by atoms with Crippen LogP contribution in [0.25, 0.3) is 6.08 Å². The van der Waals surface area contributed by atoms with Gasteiger partial charge < -0.3 is 10.0 Å². The van der Waals surface area contributed by atoms with E-state index in [0.717, 1.165) is 24.9 Å². The summed E-state index contributed by atoms with van der Waals surface area (Å²) in [6.45, 7) is 1.10. The van der Waals surface area contributed by atoms with Crippen molar-refractivity contribution in [3.63, 3.8) is 0 Å². The summed E-state index contributed by atoms with van der Waals surface area (Å²) >= 11 is 0. The number of allylic oxidation sites excluding steroid dienone is 1. The lowest BCUT2D eigenvalue weighted by atomic mass is 9.73. The summed E-state index contributed by atoms with van der Waals surface area (Å²) in [7, 11) is 4.29. The fraction of sp³-hybridized carbons (Fsp3) is 0.348. The van der Waals surface area contributed by atoms with Crippen LogP contribution in [-0.4, -0.2) is 36.6 Å². The molecule has 0 unspecified atom stereocenters. The van der Waals surface area contributed by atoms with Gasteiger partial charge in [0.15, 0.2) is 0 Å². The van der Waals surface area contributed by atoms with Gasteiger partial charge in [0.25, 0.3) is 0 Å². The van der Waals surface area contributed by atoms with Gasteiger partial charge in [-0.15, -0.1) is 0 Å². The Kier molecular flexibility index (Phi) is 5.89. The van der Waals surface area contributed by atoms with E-state index in [1.54, 1.807) is 12.1 Å². The van der Waals surface area contributed by atoms with Crippen LogP contribution < -0.4 is 0 Å². The van der Waals surface area contributed by atoms with Crippen molar-refractivity contribution >= 4 is 12.0 Å². The Morgan fingerprint density at radius 1 is 1.15 bits per heavy atom. The Morgan fingerprint density at radius 3 is 2.62 bits per heavy atom. The van der Waals surface area contributed by atoms with Gasteiger partial charge in [0, 0.05) is 6.54 Å². The number of hydrogen-bond acceptors (Lipinski definition) is 2. The first-order valence-electron chi connectivity index (χ1n) is 9.25. The zero-order valence-electron chi connectivity index (χ0n) is 15.6. The Balaban J connectivity index is 1.85. The van der Waals surface area contributed by atoms with E-state index >= 15 is 0 Å². The summed E-state index contributed by atoms with van der Waals surface area (Å²) in [5.41, 5.74) is 4.15. The summed E-state index contributed by atoms with van der Waals surface area (Å²) in [5, 5.41) is 9.20. The highest BCUT2D eigenvalue weighted by Crippen LogP contribution is 2.41. The van der Waals surface area contributed by atoms with Crippen LogP contribution in [0.3, 0.4) is 0 Å². The van der Waals surface area contributed by atoms with E-state index in [2.05, 4.69) is 55.4 Å². The predicted octanol–water partition coefficient (Wildman–Crippen LogP) is 4.91. The van der Waals surface area contributed by atoms with Crippen molar-refractivity contribution in [1.82, 2.24) is 4.90 Å². The van der Waals surface area contributed by atoms with Crippen molar-refractivity contribution < 1.29 is 9.90 Å². The lowest BCUT2D eigenvalue weighted by molar-refractivity contribution is 0.0697. The Hall–Kier alpha value is -2.39. The summed E-state index contributed by atoms with van der Waals surface area (Å²) in [5.74, 6) is 0.290. The maximum absolute atomic E-state index is 11.2. The number of carbonyl (C=O) groups is 1. The van der Waals surface area contributed by atoms with Crippen molar-refractivity contribution in [1.29, 1.82) is 0 Å². The summed E-state index contributed by atoms with van der Waals surface area (Å²) in [4.78, 5) is 13.5. The Labute approximate surface area is 156 Å². The molecule has 0 aliphatic heterocycles. The number of benzene rings is 2. The number of rotatable bonds is 5. The van der Waals surface area contributed by atoms with E-state index in [1.807, 2.05) is 12.1 Å². The van der Waals surface area contributed by atoms with Gasteiger partial charge >= 0.3 is 5.97 Å². The molecule has 2 aromatic carbocycles. The number of carboxylic acids is 1. The van der Waals surface area contributed by atoms with Gasteiger partial charge in [0.05, 0.1) is 5.56 Å². The smallest absolute Gasteiger partial charge is 0.335 e. The quantitative estimate of drug-likeness (QED) is 0.833. The zero-order chi connectivity index (χ0) is 18.5. The topological polar surface area (TPSA) is 40.5 Å². The van der Waals surface area contributed by atoms with Crippen molar-refractivity contribution in [2.24, 2.45) is 5.92 Å². The monoisotopic (exact) mass is 349 g/mol. The second-order valence-electron chi connectivity index (χ2n) is 7.52. The van der Waals surface area contributed by atoms with Crippen LogP contribution in [0.5, 0.6) is 0 Å². The van der Waals surface area contributed by atoms with Crippen molar-refractivity contribution in [3.8, 4) is 0 Å². The van der Waals surface area contributed by atoms with Crippen molar-refractivity contribution in [2.45, 2.75) is 25.2 Å². The third kappa shape index (κ3) is 4.61. The molecule has 1 aliphatic rings. The highest BCUT2D eigenvalue weighted by Gasteiger charge is 2.29. The molecule has 1 N–H and O–H groups in total. The lowest BCUT2D eigenvalue weighted by Crippen LogP contribution is -2.29. The van der Waals surface area contributed by atoms with E-state index in [1.165, 1.54) is 17.6 Å². The fourth-order valence-electron chi connectivity index (χ4n) is 4.03. The van der Waals surface area contributed by atoms with Crippen LogP contribution in [0.1, 0.15) is 46.7 Å². The minimum absolute atomic E-state index is 0.347. The first-order valence-corrected chi connectivity index (χ1v) is 9.25. The van der Waals surface area contributed by atoms with E-state index in [0.29, 0.717) is 17.4 Å². The van der Waals surface area contributed by atoms with Gasteiger partial charge in [-0.1, -0.05) is 54.1 Å². The van der Waals surface area contributed by atoms with Gasteiger partial charge in [-0.25, -0.2) is 4.79 Å². The highest BCUT2D eigenvalue weighted by molar-refractivity contribution is 5.88. The van der Waals surface area contributed by atoms with Crippen LogP contribution in [0.15, 0.2) is 60.2 Å². The lowest BCUT2D eigenvalue weighted by Gasteiger charge is -2.35. The Bertz CT molecular complexity index is 780. The first kappa shape index (κ1) is 18.4. The number of nitrogens with zero attached hydrogens (tertiary/aromatic N) is 1. The van der Waals surface area contributed by atoms with Gasteiger partial charge in [0.2, 0.25) is 0 Å². The van der Waals surface area contributed by atoms with Crippen LogP contribution >= 0.6 is 0 Å². The molecule has 2 atom stereocenters. The molecule has 0 amide bonds. The normalized spacial score (nSPS) is 21.9.